The number of pyridine rings is 1. The van der Waals surface area contributed by atoms with Crippen LogP contribution in [0.3, 0.4) is 0 Å². The highest BCUT2D eigenvalue weighted by Gasteiger charge is 2.35. The zero-order valence-electron chi connectivity index (χ0n) is 21.7. The number of ether oxygens (including phenoxy) is 1. The predicted molar refractivity (Wildman–Crippen MR) is 147 cm³/mol. The third-order valence-corrected chi connectivity index (χ3v) is 10.4. The van der Waals surface area contributed by atoms with Crippen molar-refractivity contribution in [1.82, 2.24) is 18.8 Å². The maximum Gasteiger partial charge on any atom is 0.434 e. The van der Waals surface area contributed by atoms with Gasteiger partial charge in [0.2, 0.25) is 0 Å². The molecule has 4 aromatic rings. The van der Waals surface area contributed by atoms with E-state index in [1.54, 1.807) is 24.4 Å². The van der Waals surface area contributed by atoms with E-state index < -0.39 is 21.9 Å². The van der Waals surface area contributed by atoms with Crippen molar-refractivity contribution in [3.63, 3.8) is 0 Å². The van der Waals surface area contributed by atoms with E-state index in [4.69, 9.17) is 4.74 Å². The molecule has 6 rings (SSSR count). The smallest absolute Gasteiger partial charge is 0.380 e. The largest absolute Gasteiger partial charge is 0.434 e. The molecule has 7 nitrogen and oxygen atoms in total. The molecule has 3 aromatic heterocycles. The van der Waals surface area contributed by atoms with E-state index in [2.05, 4.69) is 14.9 Å². The third kappa shape index (κ3) is 5.29. The lowest BCUT2D eigenvalue weighted by Crippen LogP contribution is -2.39. The van der Waals surface area contributed by atoms with Gasteiger partial charge in [-0.25, -0.2) is 22.4 Å². The van der Waals surface area contributed by atoms with Gasteiger partial charge in [0.25, 0.3) is 10.0 Å². The fourth-order valence-electron chi connectivity index (χ4n) is 5.81. The molecule has 0 spiro atoms. The van der Waals surface area contributed by atoms with Crippen LogP contribution in [0, 0.1) is 0 Å². The first-order valence-corrected chi connectivity index (χ1v) is 15.7. The maximum atomic E-state index is 13.6. The summed E-state index contributed by atoms with van der Waals surface area (Å²) >= 11 is 0.841. The molecule has 212 valence electrons. The molecular weight excluding hydrogens is 561 g/mol. The van der Waals surface area contributed by atoms with Gasteiger partial charge in [0.1, 0.15) is 5.01 Å². The molecule has 0 atom stereocenters. The summed E-state index contributed by atoms with van der Waals surface area (Å²) in [5.74, 6) is 0.236. The van der Waals surface area contributed by atoms with Crippen LogP contribution >= 0.6 is 11.3 Å². The van der Waals surface area contributed by atoms with Crippen LogP contribution in [0.4, 0.5) is 13.2 Å². The molecule has 4 heterocycles. The summed E-state index contributed by atoms with van der Waals surface area (Å²) in [6.45, 7) is 3.56. The zero-order valence-corrected chi connectivity index (χ0v) is 23.3. The molecule has 1 saturated carbocycles. The molecule has 1 saturated heterocycles. The number of hydrogen-bond donors (Lipinski definition) is 0. The Balaban J connectivity index is 1.37. The average molecular weight is 591 g/mol. The molecule has 1 aliphatic carbocycles. The lowest BCUT2D eigenvalue weighted by molar-refractivity contribution is -0.140. The minimum Gasteiger partial charge on any atom is -0.380 e. The highest BCUT2D eigenvalue weighted by Crippen LogP contribution is 2.40. The van der Waals surface area contributed by atoms with Crippen molar-refractivity contribution in [3.8, 4) is 10.6 Å². The van der Waals surface area contributed by atoms with Gasteiger partial charge in [-0.05, 0) is 61.8 Å². The van der Waals surface area contributed by atoms with Gasteiger partial charge in [-0.3, -0.25) is 4.90 Å². The lowest BCUT2D eigenvalue weighted by atomic mass is 9.81. The highest BCUT2D eigenvalue weighted by molar-refractivity contribution is 7.90. The Labute approximate surface area is 234 Å². The Kier molecular flexibility index (Phi) is 7.45. The fourth-order valence-corrected chi connectivity index (χ4v) is 8.01. The van der Waals surface area contributed by atoms with E-state index in [0.717, 1.165) is 84.7 Å². The highest BCUT2D eigenvalue weighted by atomic mass is 32.2. The molecule has 0 unspecified atom stereocenters. The second-order valence-corrected chi connectivity index (χ2v) is 13.0. The van der Waals surface area contributed by atoms with E-state index >= 15 is 0 Å². The van der Waals surface area contributed by atoms with Crippen molar-refractivity contribution in [1.29, 1.82) is 0 Å². The minimum atomic E-state index is -4.59. The van der Waals surface area contributed by atoms with E-state index in [1.165, 1.54) is 18.3 Å². The number of rotatable bonds is 5. The first kappa shape index (κ1) is 27.4. The average Bonchev–Trinajstić information content (AvgIpc) is 3.51. The summed E-state index contributed by atoms with van der Waals surface area (Å²) in [5.41, 5.74) is 0.460. The molecule has 0 N–H and O–H groups in total. The Morgan fingerprint density at radius 2 is 1.80 bits per heavy atom. The molecule has 12 heteroatoms. The summed E-state index contributed by atoms with van der Waals surface area (Å²) in [7, 11) is -4.04. The second kappa shape index (κ2) is 10.9. The number of fused-ring (bicyclic) bond motifs is 1. The van der Waals surface area contributed by atoms with Gasteiger partial charge in [-0.15, -0.1) is 11.3 Å². The van der Waals surface area contributed by atoms with E-state index in [-0.39, 0.29) is 21.5 Å². The SMILES string of the molecule is O=S(=O)(c1ccccc1)n1cc(-c2nc(C(F)(F)F)cs2)c2cc(C3CCC(N4CCCOCC4)CC3)cnc21. The van der Waals surface area contributed by atoms with Crippen LogP contribution in [0.5, 0.6) is 0 Å². The van der Waals surface area contributed by atoms with Crippen molar-refractivity contribution in [2.45, 2.75) is 55.1 Å². The van der Waals surface area contributed by atoms with Gasteiger partial charge in [0, 0.05) is 54.5 Å². The van der Waals surface area contributed by atoms with Gasteiger partial charge in [-0.1, -0.05) is 18.2 Å². The molecular formula is C28H29F3N4O3S2. The first-order chi connectivity index (χ1) is 19.2. The number of halogens is 3. The normalized spacial score (nSPS) is 21.5. The molecule has 1 aromatic carbocycles. The molecule has 0 radical (unpaired) electrons. The zero-order chi connectivity index (χ0) is 27.9. The van der Waals surface area contributed by atoms with Crippen LogP contribution in [0.25, 0.3) is 21.6 Å². The predicted octanol–water partition coefficient (Wildman–Crippen LogP) is 6.16. The minimum absolute atomic E-state index is 0.0664. The van der Waals surface area contributed by atoms with Crippen LogP contribution in [0.2, 0.25) is 0 Å². The molecule has 40 heavy (non-hydrogen) atoms. The number of aromatic nitrogens is 3. The third-order valence-electron chi connectivity index (χ3n) is 7.90. The molecule has 2 fully saturated rings. The number of hydrogen-bond acceptors (Lipinski definition) is 7. The molecule has 0 amide bonds. The van der Waals surface area contributed by atoms with Crippen LogP contribution < -0.4 is 0 Å². The number of alkyl halides is 3. The van der Waals surface area contributed by atoms with Crippen molar-refractivity contribution in [3.05, 3.63) is 65.4 Å². The summed E-state index contributed by atoms with van der Waals surface area (Å²) in [5, 5.41) is 1.54. The van der Waals surface area contributed by atoms with Gasteiger partial charge < -0.3 is 4.74 Å². The summed E-state index contributed by atoms with van der Waals surface area (Å²) in [6.07, 6.45) is 3.52. The summed E-state index contributed by atoms with van der Waals surface area (Å²) in [6, 6.07) is 10.3. The summed E-state index contributed by atoms with van der Waals surface area (Å²) < 4.78 is 73.9. The first-order valence-electron chi connectivity index (χ1n) is 13.4. The van der Waals surface area contributed by atoms with Gasteiger partial charge in [0.05, 0.1) is 11.5 Å². The van der Waals surface area contributed by atoms with Crippen molar-refractivity contribution < 1.29 is 26.3 Å². The number of thiazole rings is 1. The van der Waals surface area contributed by atoms with Crippen LogP contribution in [0.15, 0.2) is 59.1 Å². The topological polar surface area (TPSA) is 77.3 Å². The van der Waals surface area contributed by atoms with E-state index in [1.807, 2.05) is 6.07 Å². The maximum absolute atomic E-state index is 13.6. The van der Waals surface area contributed by atoms with Crippen LogP contribution in [0.1, 0.15) is 49.3 Å². The fraction of sp³-hybridized carbons (Fsp3) is 0.429. The standard InChI is InChI=1S/C28H29F3N4O3S2/c29-28(30,31)25-18-39-27(33-25)24-17-35(40(36,37)22-5-2-1-3-6-22)26-23(24)15-20(16-32-26)19-7-9-21(10-8-19)34-11-4-13-38-14-12-34/h1-3,5-6,15-19,21H,4,7-14H2. The molecule has 2 aliphatic rings. The van der Waals surface area contributed by atoms with Crippen molar-refractivity contribution in [2.75, 3.05) is 26.3 Å². The Morgan fingerprint density at radius 1 is 1.02 bits per heavy atom. The quantitative estimate of drug-likeness (QED) is 0.277. The Morgan fingerprint density at radius 3 is 2.52 bits per heavy atom. The van der Waals surface area contributed by atoms with E-state index in [0.29, 0.717) is 17.0 Å². The molecule has 0 bridgehead atoms. The Bertz CT molecular complexity index is 1590. The second-order valence-electron chi connectivity index (χ2n) is 10.3. The number of benzene rings is 1. The van der Waals surface area contributed by atoms with Gasteiger partial charge in [0.15, 0.2) is 11.3 Å². The van der Waals surface area contributed by atoms with Gasteiger partial charge in [-0.2, -0.15) is 13.2 Å². The van der Waals surface area contributed by atoms with Crippen LogP contribution in [-0.2, 0) is 20.9 Å². The number of nitrogens with zero attached hydrogens (tertiary/aromatic N) is 4. The Hall–Kier alpha value is -2.80. The van der Waals surface area contributed by atoms with Crippen molar-refractivity contribution in [2.24, 2.45) is 0 Å². The molecule has 1 aliphatic heterocycles. The lowest BCUT2D eigenvalue weighted by Gasteiger charge is -2.36. The van der Waals surface area contributed by atoms with E-state index in [9.17, 15) is 21.6 Å². The monoisotopic (exact) mass is 590 g/mol. The van der Waals surface area contributed by atoms with Crippen molar-refractivity contribution >= 4 is 32.4 Å². The van der Waals surface area contributed by atoms with Gasteiger partial charge >= 0.3 is 6.18 Å². The summed E-state index contributed by atoms with van der Waals surface area (Å²) in [4.78, 5) is 11.0. The van der Waals surface area contributed by atoms with Crippen LogP contribution in [-0.4, -0.2) is 59.6 Å².